The number of rotatable bonds is 17. The largest absolute Gasteiger partial charge is 0.547 e. The lowest BCUT2D eigenvalue weighted by molar-refractivity contribution is -0.390. The molecule has 4 rings (SSSR count). The van der Waals surface area contributed by atoms with Crippen LogP contribution in [0.25, 0.3) is 0 Å². The first-order valence-electron chi connectivity index (χ1n) is 17.5. The molecule has 0 aromatic rings. The molecule has 4 saturated heterocycles. The minimum Gasteiger partial charge on any atom is -0.547 e. The molecule has 27 heteroatoms. The molecule has 0 radical (unpaired) electrons. The summed E-state index contributed by atoms with van der Waals surface area (Å²) in [4.78, 5) is 11.0. The van der Waals surface area contributed by atoms with Gasteiger partial charge in [0.1, 0.15) is 122 Å². The second kappa shape index (κ2) is 20.8. The van der Waals surface area contributed by atoms with Crippen LogP contribution < -0.4 is 5.11 Å². The van der Waals surface area contributed by atoms with Crippen LogP contribution in [0.5, 0.6) is 0 Å². The van der Waals surface area contributed by atoms with Gasteiger partial charge in [0, 0.05) is 0 Å². The summed E-state index contributed by atoms with van der Waals surface area (Å²) >= 11 is 0. The van der Waals surface area contributed by atoms with Crippen LogP contribution >= 0.6 is 0 Å². The maximum atomic E-state index is 11.1. The first-order valence-corrected chi connectivity index (χ1v) is 17.5. The molecule has 4 aliphatic heterocycles. The Balaban J connectivity index is 1.43. The van der Waals surface area contributed by atoms with Gasteiger partial charge >= 0.3 is 0 Å². The normalized spacial score (nSPS) is 46.5. The fourth-order valence-corrected chi connectivity index (χ4v) is 6.62. The summed E-state index contributed by atoms with van der Waals surface area (Å²) in [5.74, 6) is -2.21. The molecule has 24 atom stereocenters. The van der Waals surface area contributed by atoms with Crippen LogP contribution in [0.2, 0.25) is 0 Å². The highest BCUT2D eigenvalue weighted by molar-refractivity contribution is 5.70. The molecule has 17 N–H and O–H groups in total. The molecule has 0 bridgehead atoms. The van der Waals surface area contributed by atoms with Crippen LogP contribution in [0.3, 0.4) is 0 Å². The summed E-state index contributed by atoms with van der Waals surface area (Å²) in [6, 6.07) is 0. The van der Waals surface area contributed by atoms with Crippen molar-refractivity contribution in [1.29, 1.82) is 0 Å². The molecule has 57 heavy (non-hydrogen) atoms. The Morgan fingerprint density at radius 3 is 1.18 bits per heavy atom. The van der Waals surface area contributed by atoms with Gasteiger partial charge in [-0.05, 0) is 0 Å². The van der Waals surface area contributed by atoms with E-state index in [1.807, 2.05) is 0 Å². The lowest BCUT2D eigenvalue weighted by atomic mass is 9.95. The second-order valence-corrected chi connectivity index (χ2v) is 13.7. The van der Waals surface area contributed by atoms with E-state index in [-0.39, 0.29) is 0 Å². The van der Waals surface area contributed by atoms with Crippen molar-refractivity contribution >= 4 is 5.97 Å². The zero-order valence-corrected chi connectivity index (χ0v) is 29.6. The van der Waals surface area contributed by atoms with Crippen LogP contribution in [-0.4, -0.2) is 273 Å². The number of carbonyl (C=O) groups is 1. The van der Waals surface area contributed by atoms with Gasteiger partial charge in [0.15, 0.2) is 25.2 Å². The van der Waals surface area contributed by atoms with Crippen molar-refractivity contribution in [3.63, 3.8) is 0 Å². The highest BCUT2D eigenvalue weighted by Crippen LogP contribution is 2.35. The molecule has 0 aromatic carbocycles. The maximum absolute atomic E-state index is 11.1. The van der Waals surface area contributed by atoms with Crippen molar-refractivity contribution in [2.24, 2.45) is 0 Å². The molecule has 4 aliphatic rings. The van der Waals surface area contributed by atoms with E-state index in [9.17, 15) is 96.7 Å². The van der Waals surface area contributed by atoms with E-state index in [1.54, 1.807) is 0 Å². The Bertz CT molecular complexity index is 1230. The van der Waals surface area contributed by atoms with Crippen LogP contribution in [0.1, 0.15) is 0 Å². The van der Waals surface area contributed by atoms with Crippen LogP contribution in [0, 0.1) is 0 Å². The number of aliphatic carboxylic acids is 1. The Hall–Kier alpha value is -1.53. The summed E-state index contributed by atoms with van der Waals surface area (Å²) in [7, 11) is 0. The zero-order valence-electron chi connectivity index (χ0n) is 29.6. The molecule has 4 heterocycles. The van der Waals surface area contributed by atoms with Crippen molar-refractivity contribution < 1.29 is 135 Å². The number of hydrogen-bond acceptors (Lipinski definition) is 27. The van der Waals surface area contributed by atoms with Gasteiger partial charge in [0.2, 0.25) is 0 Å². The van der Waals surface area contributed by atoms with Gasteiger partial charge in [-0.25, -0.2) is 0 Å². The number of hydrogen-bond donors (Lipinski definition) is 17. The van der Waals surface area contributed by atoms with Gasteiger partial charge in [-0.3, -0.25) is 0 Å². The Morgan fingerprint density at radius 1 is 0.491 bits per heavy atom. The maximum Gasteiger partial charge on any atom is 0.187 e. The van der Waals surface area contributed by atoms with E-state index in [2.05, 4.69) is 0 Å². The van der Waals surface area contributed by atoms with Crippen molar-refractivity contribution in [1.82, 2.24) is 0 Å². The van der Waals surface area contributed by atoms with Crippen molar-refractivity contribution in [3.05, 3.63) is 0 Å². The molecule has 0 spiro atoms. The van der Waals surface area contributed by atoms with Crippen molar-refractivity contribution in [2.75, 3.05) is 33.0 Å². The molecule has 4 fully saturated rings. The van der Waals surface area contributed by atoms with Gasteiger partial charge < -0.3 is 135 Å². The van der Waals surface area contributed by atoms with Crippen molar-refractivity contribution in [2.45, 2.75) is 147 Å². The second-order valence-electron chi connectivity index (χ2n) is 13.7. The van der Waals surface area contributed by atoms with E-state index >= 15 is 0 Å². The molecule has 0 aromatic heterocycles. The zero-order chi connectivity index (χ0) is 42.6. The van der Waals surface area contributed by atoms with Crippen molar-refractivity contribution in [3.8, 4) is 0 Å². The summed E-state index contributed by atoms with van der Waals surface area (Å²) in [6.07, 6.45) is -47.8. The summed E-state index contributed by atoms with van der Waals surface area (Å²) in [5, 5.41) is 186. The van der Waals surface area contributed by atoms with Gasteiger partial charge in [-0.2, -0.15) is 0 Å². The van der Waals surface area contributed by atoms with E-state index in [1.165, 1.54) is 0 Å². The predicted octanol–water partition coefficient (Wildman–Crippen LogP) is -13.5. The number of carbonyl (C=O) groups excluding carboxylic acids is 1. The van der Waals surface area contributed by atoms with E-state index < -0.39 is 186 Å². The number of aliphatic hydroxyl groups is 17. The van der Waals surface area contributed by atoms with Gasteiger partial charge in [0.25, 0.3) is 0 Å². The third kappa shape index (κ3) is 10.3. The Morgan fingerprint density at radius 2 is 0.825 bits per heavy atom. The molecule has 0 amide bonds. The van der Waals surface area contributed by atoms with Gasteiger partial charge in [-0.15, -0.1) is 0 Å². The third-order valence-electron chi connectivity index (χ3n) is 9.94. The molecule has 334 valence electrons. The molecule has 0 aliphatic carbocycles. The SMILES string of the molecule is O=C([O-])[C@H](O)[C@@H](O)[C@H](O[C@H]1O[C@H](CO)[C@@H](O[C@H]2O[C@H](CO)[C@@H](O[C@H]3O[C@H](CO)[C@@H](O[C@H]4O[C@H](CO)[C@@H](O)[C@H](O)[C@H]4O)[C@H](O)[C@H]3O)[C@H](O)[C@H]2O)[C@H](O)[C@H]1O)[C@H](O)CO. The standard InChI is InChI=1S/C30H52O27/c31-1-6(36)22(13(39)17(43)26(48)49)54-28-19(45)14(40)24(8(3-33)51-28)56-30-21(47)16(42)25(10(5-35)53-30)57-29-20(46)15(41)23(9(4-34)52-29)55-27-18(44)12(38)11(37)7(2-32)50-27/h6-25,27-47H,1-5H2,(H,48,49)/p-1/t6-,7-,8-,9-,10-,11-,12+,13-,14-,15-,16-,17-,18-,19-,20-,21-,22-,23-,24-,25-,27-,28-,29-,30-/m1/s1. The van der Waals surface area contributed by atoms with E-state index in [4.69, 9.17) is 37.9 Å². The lowest BCUT2D eigenvalue weighted by Gasteiger charge is -2.49. The Kier molecular flexibility index (Phi) is 17.6. The quantitative estimate of drug-likeness (QED) is 0.0646. The third-order valence-corrected chi connectivity index (χ3v) is 9.94. The predicted molar refractivity (Wildman–Crippen MR) is 167 cm³/mol. The van der Waals surface area contributed by atoms with Crippen LogP contribution in [0.4, 0.5) is 0 Å². The molecular formula is C30H51O27-. The number of ether oxygens (including phenoxy) is 8. The number of carboxylic acids is 1. The fraction of sp³-hybridized carbons (Fsp3) is 0.967. The monoisotopic (exact) mass is 843 g/mol. The highest BCUT2D eigenvalue weighted by atomic mass is 16.8. The first kappa shape index (κ1) is 48.1. The average molecular weight is 844 g/mol. The molecule has 27 nitrogen and oxygen atoms in total. The van der Waals surface area contributed by atoms with E-state index in [0.717, 1.165) is 0 Å². The highest BCUT2D eigenvalue weighted by Gasteiger charge is 2.55. The topological polar surface area (TPSA) is 458 Å². The van der Waals surface area contributed by atoms with Crippen LogP contribution in [0.15, 0.2) is 0 Å². The van der Waals surface area contributed by atoms with E-state index in [0.29, 0.717) is 0 Å². The number of carboxylic acid groups (broad SMARTS) is 1. The summed E-state index contributed by atoms with van der Waals surface area (Å²) in [6.45, 7) is -5.04. The number of aliphatic hydroxyl groups excluding tert-OH is 17. The first-order chi connectivity index (χ1) is 26.9. The Labute approximate surface area is 321 Å². The smallest absolute Gasteiger partial charge is 0.187 e. The minimum atomic E-state index is -2.68. The average Bonchev–Trinajstić information content (AvgIpc) is 3.20. The fourth-order valence-electron chi connectivity index (χ4n) is 6.62. The summed E-state index contributed by atoms with van der Waals surface area (Å²) < 4.78 is 43.4. The van der Waals surface area contributed by atoms with Gasteiger partial charge in [-0.1, -0.05) is 0 Å². The molecule has 0 saturated carbocycles. The van der Waals surface area contributed by atoms with Gasteiger partial charge in [0.05, 0.1) is 39.0 Å². The lowest BCUT2D eigenvalue weighted by Crippen LogP contribution is -2.67. The molecule has 0 unspecified atom stereocenters. The van der Waals surface area contributed by atoms with Crippen LogP contribution in [-0.2, 0) is 42.7 Å². The molecular weight excluding hydrogens is 792 g/mol. The summed E-state index contributed by atoms with van der Waals surface area (Å²) in [5.41, 5.74) is 0. The minimum absolute atomic E-state index is 0.826.